The summed E-state index contributed by atoms with van der Waals surface area (Å²) >= 11 is 17.6. The number of rotatable bonds is 2. The van der Waals surface area contributed by atoms with Gasteiger partial charge in [-0.25, -0.2) is 0 Å². The fourth-order valence-electron chi connectivity index (χ4n) is 2.67. The van der Waals surface area contributed by atoms with Gasteiger partial charge < -0.3 is 5.11 Å². The zero-order chi connectivity index (χ0) is 16.0. The topological polar surface area (TPSA) is 71.4 Å². The molecule has 21 heavy (non-hydrogen) atoms. The molecule has 0 aromatic heterocycles. The number of likely N-dealkylation sites (tertiary alicyclic amines) is 1. The lowest BCUT2D eigenvalue weighted by molar-refractivity contribution is -0.741. The Kier molecular flexibility index (Phi) is 4.48. The first-order chi connectivity index (χ1) is 9.64. The summed E-state index contributed by atoms with van der Waals surface area (Å²) in [4.78, 5) is 11.4. The third kappa shape index (κ3) is 2.43. The molecule has 116 valence electrons. The van der Waals surface area contributed by atoms with Crippen molar-refractivity contribution in [3.8, 4) is 0 Å². The average Bonchev–Trinajstić information content (AvgIpc) is 2.77. The van der Waals surface area contributed by atoms with Crippen molar-refractivity contribution in [1.82, 2.24) is 0 Å². The van der Waals surface area contributed by atoms with E-state index in [-0.39, 0.29) is 26.5 Å². The minimum absolute atomic E-state index is 0.00456. The van der Waals surface area contributed by atoms with E-state index in [9.17, 15) is 18.3 Å². The quantitative estimate of drug-likeness (QED) is 0.628. The first-order valence-electron chi connectivity index (χ1n) is 6.15. The number of carboxylic acid groups (broad SMARTS) is 1. The normalized spacial score (nSPS) is 26.0. The van der Waals surface area contributed by atoms with Gasteiger partial charge in [0.05, 0.1) is 15.1 Å². The van der Waals surface area contributed by atoms with Crippen LogP contribution in [0.2, 0.25) is 15.1 Å². The molecule has 1 N–H and O–H groups in total. The molecule has 2 atom stereocenters. The Morgan fingerprint density at radius 2 is 1.81 bits per heavy atom. The minimum atomic E-state index is -4.26. The molecule has 1 saturated heterocycles. The number of nitrogens with zero attached hydrogens (tertiary/aromatic N) is 1. The summed E-state index contributed by atoms with van der Waals surface area (Å²) in [5.74, 6) is 0. The minimum Gasteiger partial charge on any atom is -0.435 e. The van der Waals surface area contributed by atoms with Crippen molar-refractivity contribution in [3.63, 3.8) is 0 Å². The summed E-state index contributed by atoms with van der Waals surface area (Å²) in [6, 6.07) is 1.74. The molecule has 1 amide bonds. The van der Waals surface area contributed by atoms with Crippen molar-refractivity contribution in [2.24, 2.45) is 0 Å². The van der Waals surface area contributed by atoms with Crippen molar-refractivity contribution in [2.45, 2.75) is 30.7 Å². The van der Waals surface area contributed by atoms with E-state index in [1.165, 1.54) is 6.07 Å². The van der Waals surface area contributed by atoms with Gasteiger partial charge in [-0.1, -0.05) is 34.8 Å². The molecular weight excluding hydrogens is 361 g/mol. The van der Waals surface area contributed by atoms with Crippen molar-refractivity contribution >= 4 is 50.9 Å². The van der Waals surface area contributed by atoms with E-state index in [4.69, 9.17) is 34.8 Å². The van der Waals surface area contributed by atoms with Crippen LogP contribution in [0.3, 0.4) is 0 Å². The standard InChI is InChI=1S/C12H12Cl3NO4S/c1-7-3-2-4-16(7,12(17)18)21(19,20)11-6-9(14)8(13)5-10(11)15/h5-7H,2-4H2,1H3/p+1/t7-,16?/m1/s1. The largest absolute Gasteiger partial charge is 0.529 e. The molecule has 9 heteroatoms. The van der Waals surface area contributed by atoms with Crippen LogP contribution in [0.25, 0.3) is 0 Å². The fraction of sp³-hybridized carbons (Fsp3) is 0.417. The van der Waals surface area contributed by atoms with Gasteiger partial charge in [0.15, 0.2) is 0 Å². The SMILES string of the molecule is C[C@@H]1CCC[N+]1(C(=O)O)S(=O)(=O)c1cc(Cl)c(Cl)cc1Cl. The summed E-state index contributed by atoms with van der Waals surface area (Å²) < 4.78 is 24.7. The van der Waals surface area contributed by atoms with Gasteiger partial charge in [-0.3, -0.25) is 0 Å². The first-order valence-corrected chi connectivity index (χ1v) is 8.73. The predicted molar refractivity (Wildman–Crippen MR) is 80.5 cm³/mol. The highest BCUT2D eigenvalue weighted by molar-refractivity contribution is 7.86. The lowest BCUT2D eigenvalue weighted by Crippen LogP contribution is -2.58. The van der Waals surface area contributed by atoms with Crippen molar-refractivity contribution in [3.05, 3.63) is 27.2 Å². The molecule has 0 saturated carbocycles. The Morgan fingerprint density at radius 3 is 2.29 bits per heavy atom. The number of halogens is 3. The number of sulfonamides is 1. The van der Waals surface area contributed by atoms with Gasteiger partial charge in [0, 0.05) is 12.8 Å². The van der Waals surface area contributed by atoms with Crippen LogP contribution in [-0.4, -0.2) is 36.1 Å². The maximum absolute atomic E-state index is 12.9. The van der Waals surface area contributed by atoms with Gasteiger partial charge in [-0.05, 0) is 19.1 Å². The first kappa shape index (κ1) is 16.8. The van der Waals surface area contributed by atoms with Crippen LogP contribution in [0.15, 0.2) is 17.0 Å². The van der Waals surface area contributed by atoms with Gasteiger partial charge in [0.25, 0.3) is 0 Å². The van der Waals surface area contributed by atoms with E-state index in [0.717, 1.165) is 6.07 Å². The molecular formula is C12H13Cl3NO4S+. The Balaban J connectivity index is 2.72. The van der Waals surface area contributed by atoms with E-state index in [0.29, 0.717) is 12.8 Å². The molecule has 1 aromatic carbocycles. The number of benzene rings is 1. The van der Waals surface area contributed by atoms with E-state index in [1.54, 1.807) is 6.92 Å². The molecule has 0 radical (unpaired) electrons. The van der Waals surface area contributed by atoms with E-state index in [1.807, 2.05) is 0 Å². The lowest BCUT2D eigenvalue weighted by atomic mass is 10.2. The van der Waals surface area contributed by atoms with Crippen LogP contribution in [0.4, 0.5) is 4.79 Å². The Morgan fingerprint density at radius 1 is 1.24 bits per heavy atom. The highest BCUT2D eigenvalue weighted by atomic mass is 35.5. The third-order valence-electron chi connectivity index (χ3n) is 3.83. The second-order valence-electron chi connectivity index (χ2n) is 4.96. The smallest absolute Gasteiger partial charge is 0.435 e. The Labute approximate surface area is 137 Å². The summed E-state index contributed by atoms with van der Waals surface area (Å²) in [5, 5.41) is 9.52. The second-order valence-corrected chi connectivity index (χ2v) is 8.23. The molecule has 1 aromatic rings. The predicted octanol–water partition coefficient (Wildman–Crippen LogP) is 4.01. The van der Waals surface area contributed by atoms with Crippen molar-refractivity contribution in [1.29, 1.82) is 0 Å². The zero-order valence-electron chi connectivity index (χ0n) is 11.0. The van der Waals surface area contributed by atoms with Gasteiger partial charge >= 0.3 is 16.1 Å². The van der Waals surface area contributed by atoms with Crippen molar-refractivity contribution < 1.29 is 22.2 Å². The monoisotopic (exact) mass is 372 g/mol. The Hall–Kier alpha value is -0.530. The summed E-state index contributed by atoms with van der Waals surface area (Å²) in [6.07, 6.45) is -0.405. The molecule has 1 aliphatic rings. The van der Waals surface area contributed by atoms with Gasteiger partial charge in [-0.15, -0.1) is 3.89 Å². The number of quaternary nitrogens is 1. The third-order valence-corrected chi connectivity index (χ3v) is 7.43. The molecule has 2 rings (SSSR count). The molecule has 1 heterocycles. The molecule has 0 bridgehead atoms. The van der Waals surface area contributed by atoms with Gasteiger partial charge in [0.2, 0.25) is 0 Å². The average molecular weight is 374 g/mol. The van der Waals surface area contributed by atoms with E-state index < -0.39 is 26.0 Å². The maximum Gasteiger partial charge on any atom is 0.529 e. The number of carbonyl (C=O) groups is 1. The highest BCUT2D eigenvalue weighted by Crippen LogP contribution is 2.40. The van der Waals surface area contributed by atoms with Crippen LogP contribution in [0.5, 0.6) is 0 Å². The molecule has 1 fully saturated rings. The van der Waals surface area contributed by atoms with E-state index >= 15 is 0 Å². The van der Waals surface area contributed by atoms with Crippen LogP contribution in [-0.2, 0) is 10.0 Å². The lowest BCUT2D eigenvalue weighted by Gasteiger charge is -2.31. The van der Waals surface area contributed by atoms with E-state index in [2.05, 4.69) is 0 Å². The second kappa shape index (κ2) is 5.59. The molecule has 1 aliphatic heterocycles. The van der Waals surface area contributed by atoms with Gasteiger partial charge in [0.1, 0.15) is 17.5 Å². The highest BCUT2D eigenvalue weighted by Gasteiger charge is 2.58. The number of hydrogen-bond donors (Lipinski definition) is 1. The summed E-state index contributed by atoms with van der Waals surface area (Å²) in [5.41, 5.74) is 0. The number of amides is 1. The van der Waals surface area contributed by atoms with Crippen LogP contribution >= 0.6 is 34.8 Å². The van der Waals surface area contributed by atoms with Crippen LogP contribution in [0.1, 0.15) is 19.8 Å². The summed E-state index contributed by atoms with van der Waals surface area (Å²) in [6.45, 7) is 1.60. The van der Waals surface area contributed by atoms with Crippen LogP contribution in [0, 0.1) is 0 Å². The molecule has 0 spiro atoms. The zero-order valence-corrected chi connectivity index (χ0v) is 14.1. The fourth-order valence-corrected chi connectivity index (χ4v) is 5.65. The Bertz CT molecular complexity index is 707. The molecule has 0 aliphatic carbocycles. The number of hydrogen-bond acceptors (Lipinski definition) is 3. The van der Waals surface area contributed by atoms with Crippen LogP contribution < -0.4 is 0 Å². The maximum atomic E-state index is 12.9. The summed E-state index contributed by atoms with van der Waals surface area (Å²) in [7, 11) is -4.26. The molecule has 1 unspecified atom stereocenters. The van der Waals surface area contributed by atoms with Crippen molar-refractivity contribution in [2.75, 3.05) is 6.54 Å². The van der Waals surface area contributed by atoms with Gasteiger partial charge in [-0.2, -0.15) is 13.2 Å². The molecule has 5 nitrogen and oxygen atoms in total.